The second-order valence-corrected chi connectivity index (χ2v) is 7.72. The van der Waals surface area contributed by atoms with E-state index in [-0.39, 0.29) is 30.7 Å². The monoisotopic (exact) mass is 503 g/mol. The zero-order valence-electron chi connectivity index (χ0n) is 19.1. The Morgan fingerprint density at radius 3 is 2.11 bits per heavy atom. The topological polar surface area (TPSA) is 140 Å². The third-order valence-electron chi connectivity index (χ3n) is 4.41. The van der Waals surface area contributed by atoms with Gasteiger partial charge in [-0.25, -0.2) is 4.79 Å². The van der Waals surface area contributed by atoms with E-state index in [4.69, 9.17) is 21.1 Å². The number of amides is 3. The van der Waals surface area contributed by atoms with Crippen molar-refractivity contribution in [2.24, 2.45) is 0 Å². The van der Waals surface area contributed by atoms with Gasteiger partial charge in [-0.05, 0) is 61.4 Å². The van der Waals surface area contributed by atoms with Crippen LogP contribution in [0.1, 0.15) is 53.3 Å². The summed E-state index contributed by atoms with van der Waals surface area (Å²) in [6, 6.07) is 12.3. The lowest BCUT2D eigenvalue weighted by atomic mass is 10.2. The fourth-order valence-electron chi connectivity index (χ4n) is 2.64. The first-order valence-electron chi connectivity index (χ1n) is 10.9. The molecule has 3 N–H and O–H groups in total. The highest BCUT2D eigenvalue weighted by atomic mass is 35.5. The second-order valence-electron chi connectivity index (χ2n) is 7.28. The maximum atomic E-state index is 12.0. The molecule has 11 heteroatoms. The van der Waals surface area contributed by atoms with E-state index < -0.39 is 30.4 Å². The summed E-state index contributed by atoms with van der Waals surface area (Å²) in [5.41, 5.74) is 5.49. The Hall–Kier alpha value is -3.92. The number of anilines is 1. The summed E-state index contributed by atoms with van der Waals surface area (Å²) in [5.74, 6) is -2.69. The molecule has 3 amide bonds. The molecule has 0 aliphatic rings. The van der Waals surface area contributed by atoms with Crippen molar-refractivity contribution in [3.63, 3.8) is 0 Å². The zero-order valence-corrected chi connectivity index (χ0v) is 19.9. The van der Waals surface area contributed by atoms with Gasteiger partial charge in [-0.1, -0.05) is 18.5 Å². The van der Waals surface area contributed by atoms with Gasteiger partial charge >= 0.3 is 11.9 Å². The third kappa shape index (κ3) is 10.3. The molecule has 0 heterocycles. The lowest BCUT2D eigenvalue weighted by Crippen LogP contribution is -2.43. The molecule has 2 aromatic rings. The first-order chi connectivity index (χ1) is 16.8. The van der Waals surface area contributed by atoms with Gasteiger partial charge in [-0.3, -0.25) is 30.0 Å². The van der Waals surface area contributed by atoms with E-state index in [1.54, 1.807) is 24.3 Å². The smallest absolute Gasteiger partial charge is 0.338 e. The van der Waals surface area contributed by atoms with Gasteiger partial charge in [0.15, 0.2) is 6.61 Å². The fourth-order valence-corrected chi connectivity index (χ4v) is 2.76. The van der Waals surface area contributed by atoms with E-state index in [1.165, 1.54) is 24.3 Å². The van der Waals surface area contributed by atoms with Crippen LogP contribution in [-0.2, 0) is 23.9 Å². The molecule has 0 unspecified atom stereocenters. The number of benzene rings is 2. The van der Waals surface area contributed by atoms with Crippen molar-refractivity contribution in [1.82, 2.24) is 10.9 Å². The molecule has 0 saturated carbocycles. The Kier molecular flexibility index (Phi) is 11.2. The van der Waals surface area contributed by atoms with Crippen molar-refractivity contribution in [1.29, 1.82) is 0 Å². The predicted octanol–water partition coefficient (Wildman–Crippen LogP) is 3.02. The van der Waals surface area contributed by atoms with Crippen molar-refractivity contribution in [3.8, 4) is 0 Å². The summed E-state index contributed by atoms with van der Waals surface area (Å²) in [4.78, 5) is 59.2. The number of ether oxygens (including phenoxy) is 2. The summed E-state index contributed by atoms with van der Waals surface area (Å²) < 4.78 is 9.86. The maximum Gasteiger partial charge on any atom is 0.338 e. The minimum atomic E-state index is -0.722. The lowest BCUT2D eigenvalue weighted by Gasteiger charge is -2.09. The summed E-state index contributed by atoms with van der Waals surface area (Å²) in [6.45, 7) is 1.65. The summed E-state index contributed by atoms with van der Waals surface area (Å²) in [5, 5.41) is 3.13. The van der Waals surface area contributed by atoms with Crippen LogP contribution in [0.2, 0.25) is 5.02 Å². The number of hydrogen-bond donors (Lipinski definition) is 3. The molecule has 2 rings (SSSR count). The Labute approximate surface area is 207 Å². The highest BCUT2D eigenvalue weighted by molar-refractivity contribution is 6.30. The maximum absolute atomic E-state index is 12.0. The number of halogens is 1. The van der Waals surface area contributed by atoms with Crippen molar-refractivity contribution in [3.05, 3.63) is 64.7 Å². The first-order valence-corrected chi connectivity index (χ1v) is 11.2. The molecule has 186 valence electrons. The molecule has 0 aromatic heterocycles. The SMILES string of the molecule is CCCOC(=O)c1ccc(NC(=O)CCCC(=O)OCC(=O)NNC(=O)c2ccc(Cl)cc2)cc1. The van der Waals surface area contributed by atoms with Gasteiger partial charge in [0.1, 0.15) is 0 Å². The molecular weight excluding hydrogens is 478 g/mol. The van der Waals surface area contributed by atoms with Crippen molar-refractivity contribution >= 4 is 46.9 Å². The minimum absolute atomic E-state index is 0.0543. The molecule has 0 aliphatic heterocycles. The van der Waals surface area contributed by atoms with E-state index in [0.717, 1.165) is 6.42 Å². The van der Waals surface area contributed by atoms with Crippen LogP contribution in [0.5, 0.6) is 0 Å². The fraction of sp³-hybridized carbons (Fsp3) is 0.292. The van der Waals surface area contributed by atoms with E-state index in [2.05, 4.69) is 16.2 Å². The van der Waals surface area contributed by atoms with Crippen molar-refractivity contribution < 1.29 is 33.4 Å². The Morgan fingerprint density at radius 2 is 1.46 bits per heavy atom. The van der Waals surface area contributed by atoms with Crippen LogP contribution in [0.15, 0.2) is 48.5 Å². The van der Waals surface area contributed by atoms with E-state index in [1.807, 2.05) is 6.92 Å². The first kappa shape index (κ1) is 27.3. The van der Waals surface area contributed by atoms with Crippen molar-refractivity contribution in [2.75, 3.05) is 18.5 Å². The summed E-state index contributed by atoms with van der Waals surface area (Å²) in [7, 11) is 0. The number of esters is 2. The molecule has 0 atom stereocenters. The van der Waals surface area contributed by atoms with Gasteiger partial charge in [-0.15, -0.1) is 0 Å². The van der Waals surface area contributed by atoms with Gasteiger partial charge in [-0.2, -0.15) is 0 Å². The van der Waals surface area contributed by atoms with Gasteiger partial charge in [0.2, 0.25) is 5.91 Å². The summed E-state index contributed by atoms with van der Waals surface area (Å²) >= 11 is 5.75. The molecule has 0 radical (unpaired) electrons. The Balaban J connectivity index is 1.61. The predicted molar refractivity (Wildman–Crippen MR) is 128 cm³/mol. The van der Waals surface area contributed by atoms with E-state index in [9.17, 15) is 24.0 Å². The average molecular weight is 504 g/mol. The molecular formula is C24H26ClN3O7. The minimum Gasteiger partial charge on any atom is -0.462 e. The standard InChI is InChI=1S/C24H26ClN3O7/c1-2-14-34-24(33)17-8-12-19(13-9-17)26-20(29)4-3-5-22(31)35-15-21(30)27-28-23(32)16-6-10-18(25)11-7-16/h6-13H,2-5,14-15H2,1H3,(H,26,29)(H,27,30)(H,28,32). The largest absolute Gasteiger partial charge is 0.462 e. The molecule has 10 nitrogen and oxygen atoms in total. The zero-order chi connectivity index (χ0) is 25.6. The van der Waals surface area contributed by atoms with Crippen LogP contribution in [-0.4, -0.2) is 42.9 Å². The molecule has 0 aliphatic carbocycles. The van der Waals surface area contributed by atoms with Crippen LogP contribution >= 0.6 is 11.6 Å². The van der Waals surface area contributed by atoms with Crippen LogP contribution < -0.4 is 16.2 Å². The molecule has 0 spiro atoms. The van der Waals surface area contributed by atoms with Crippen LogP contribution in [0.4, 0.5) is 5.69 Å². The van der Waals surface area contributed by atoms with Crippen molar-refractivity contribution in [2.45, 2.75) is 32.6 Å². The molecule has 0 saturated heterocycles. The van der Waals surface area contributed by atoms with Crippen LogP contribution in [0.25, 0.3) is 0 Å². The van der Waals surface area contributed by atoms with Gasteiger partial charge in [0.05, 0.1) is 12.2 Å². The quantitative estimate of drug-likeness (QED) is 0.316. The molecule has 0 fully saturated rings. The Bertz CT molecular complexity index is 1040. The summed E-state index contributed by atoms with van der Waals surface area (Å²) in [6.07, 6.45) is 0.920. The highest BCUT2D eigenvalue weighted by Crippen LogP contribution is 2.12. The number of carbonyl (C=O) groups excluding carboxylic acids is 5. The molecule has 35 heavy (non-hydrogen) atoms. The van der Waals surface area contributed by atoms with E-state index >= 15 is 0 Å². The molecule has 0 bridgehead atoms. The number of rotatable bonds is 11. The van der Waals surface area contributed by atoms with Gasteiger partial charge < -0.3 is 14.8 Å². The molecule has 2 aromatic carbocycles. The average Bonchev–Trinajstić information content (AvgIpc) is 2.85. The number of hydrogen-bond acceptors (Lipinski definition) is 7. The Morgan fingerprint density at radius 1 is 0.800 bits per heavy atom. The van der Waals surface area contributed by atoms with Gasteiger partial charge in [0.25, 0.3) is 11.8 Å². The lowest BCUT2D eigenvalue weighted by molar-refractivity contribution is -0.148. The number of carbonyl (C=O) groups is 5. The van der Waals surface area contributed by atoms with Gasteiger partial charge in [0, 0.05) is 29.1 Å². The highest BCUT2D eigenvalue weighted by Gasteiger charge is 2.12. The third-order valence-corrected chi connectivity index (χ3v) is 4.66. The normalized spacial score (nSPS) is 10.1. The number of hydrazine groups is 1. The van der Waals surface area contributed by atoms with Crippen LogP contribution in [0, 0.1) is 0 Å². The second kappa shape index (κ2) is 14.4. The van der Waals surface area contributed by atoms with E-state index in [0.29, 0.717) is 22.9 Å². The van der Waals surface area contributed by atoms with Crippen LogP contribution in [0.3, 0.4) is 0 Å². The number of nitrogens with one attached hydrogen (secondary N) is 3.